The number of nitrogens with zero attached hydrogens (tertiary/aromatic N) is 2. The van der Waals surface area contributed by atoms with Gasteiger partial charge in [0.25, 0.3) is 5.91 Å². The highest BCUT2D eigenvalue weighted by Crippen LogP contribution is 2.08. The number of carbonyl (C=O) groups is 1. The van der Waals surface area contributed by atoms with Gasteiger partial charge in [0.2, 0.25) is 0 Å². The van der Waals surface area contributed by atoms with Crippen LogP contribution in [0.4, 0.5) is 0 Å². The molecule has 1 rings (SSSR count). The minimum absolute atomic E-state index is 0.0888. The molecule has 0 aliphatic carbocycles. The van der Waals surface area contributed by atoms with Gasteiger partial charge in [-0.2, -0.15) is 0 Å². The summed E-state index contributed by atoms with van der Waals surface area (Å²) >= 11 is 0. The van der Waals surface area contributed by atoms with Crippen LogP contribution in [-0.2, 0) is 4.79 Å². The molecule has 1 amide bonds. The summed E-state index contributed by atoms with van der Waals surface area (Å²) in [5.74, 6) is -0.0888. The highest BCUT2D eigenvalue weighted by molar-refractivity contribution is 6.33. The third-order valence-corrected chi connectivity index (χ3v) is 1.87. The summed E-state index contributed by atoms with van der Waals surface area (Å²) in [6.07, 6.45) is 4.23. The van der Waals surface area contributed by atoms with E-state index in [0.717, 1.165) is 25.0 Å². The first-order valence-electron chi connectivity index (χ1n) is 4.42. The monoisotopic (exact) mass is 166 g/mol. The van der Waals surface area contributed by atoms with Gasteiger partial charge in [0.1, 0.15) is 6.04 Å². The summed E-state index contributed by atoms with van der Waals surface area (Å²) in [7, 11) is 0. The van der Waals surface area contributed by atoms with E-state index in [4.69, 9.17) is 0 Å². The Balaban J connectivity index is 2.67. The van der Waals surface area contributed by atoms with Gasteiger partial charge < -0.3 is 0 Å². The molecule has 1 heterocycles. The molecule has 0 radical (unpaired) electrons. The van der Waals surface area contributed by atoms with Gasteiger partial charge in [0, 0.05) is 0 Å². The summed E-state index contributed by atoms with van der Waals surface area (Å²) in [4.78, 5) is 19.2. The maximum Gasteiger partial charge on any atom is 0.270 e. The van der Waals surface area contributed by atoms with Gasteiger partial charge in [-0.3, -0.25) is 9.79 Å². The zero-order valence-corrected chi connectivity index (χ0v) is 7.58. The van der Waals surface area contributed by atoms with Crippen molar-refractivity contribution >= 4 is 17.8 Å². The Morgan fingerprint density at radius 1 is 1.50 bits per heavy atom. The summed E-state index contributed by atoms with van der Waals surface area (Å²) in [6.45, 7) is 4.07. The lowest BCUT2D eigenvalue weighted by Crippen LogP contribution is -2.23. The minimum atomic E-state index is -0.199. The van der Waals surface area contributed by atoms with Crippen LogP contribution in [-0.4, -0.2) is 23.9 Å². The summed E-state index contributed by atoms with van der Waals surface area (Å²) in [5.41, 5.74) is 0.938. The van der Waals surface area contributed by atoms with E-state index < -0.39 is 0 Å². The van der Waals surface area contributed by atoms with Crippen LogP contribution in [0.3, 0.4) is 0 Å². The topological polar surface area (TPSA) is 41.8 Å². The molecule has 12 heavy (non-hydrogen) atoms. The maximum atomic E-state index is 11.1. The van der Waals surface area contributed by atoms with Crippen molar-refractivity contribution in [2.75, 3.05) is 0 Å². The number of amides is 1. The summed E-state index contributed by atoms with van der Waals surface area (Å²) in [6, 6.07) is -0.199. The van der Waals surface area contributed by atoms with Gasteiger partial charge >= 0.3 is 0 Å². The van der Waals surface area contributed by atoms with Gasteiger partial charge in [-0.1, -0.05) is 20.3 Å². The van der Waals surface area contributed by atoms with Crippen molar-refractivity contribution in [1.29, 1.82) is 0 Å². The predicted octanol–water partition coefficient (Wildman–Crippen LogP) is 1.62. The van der Waals surface area contributed by atoms with Crippen molar-refractivity contribution in [1.82, 2.24) is 0 Å². The lowest BCUT2D eigenvalue weighted by Gasteiger charge is -2.12. The van der Waals surface area contributed by atoms with E-state index in [1.165, 1.54) is 0 Å². The van der Waals surface area contributed by atoms with Crippen molar-refractivity contribution in [3.8, 4) is 0 Å². The van der Waals surface area contributed by atoms with Crippen molar-refractivity contribution in [3.05, 3.63) is 0 Å². The second kappa shape index (κ2) is 4.14. The minimum Gasteiger partial charge on any atom is -0.275 e. The maximum absolute atomic E-state index is 11.1. The fraction of sp³-hybridized carbons (Fsp3) is 0.667. The molecule has 0 N–H and O–H groups in total. The first kappa shape index (κ1) is 9.10. The molecule has 3 nitrogen and oxygen atoms in total. The van der Waals surface area contributed by atoms with E-state index in [-0.39, 0.29) is 11.9 Å². The Kier molecular flexibility index (Phi) is 3.14. The number of aliphatic imine (C=N–C) groups is 2. The molecular weight excluding hydrogens is 152 g/mol. The third-order valence-electron chi connectivity index (χ3n) is 1.87. The first-order valence-corrected chi connectivity index (χ1v) is 4.42. The van der Waals surface area contributed by atoms with Gasteiger partial charge in [-0.05, 0) is 12.8 Å². The Morgan fingerprint density at radius 3 is 2.83 bits per heavy atom. The van der Waals surface area contributed by atoms with Gasteiger partial charge in [-0.15, -0.1) is 0 Å². The van der Waals surface area contributed by atoms with Crippen LogP contribution in [0.5, 0.6) is 0 Å². The zero-order valence-electron chi connectivity index (χ0n) is 7.58. The van der Waals surface area contributed by atoms with Crippen LogP contribution < -0.4 is 0 Å². The molecule has 66 valence electrons. The van der Waals surface area contributed by atoms with Gasteiger partial charge in [0.15, 0.2) is 0 Å². The highest BCUT2D eigenvalue weighted by atomic mass is 16.1. The fourth-order valence-corrected chi connectivity index (χ4v) is 1.16. The number of hydrogen-bond acceptors (Lipinski definition) is 2. The molecule has 1 atom stereocenters. The molecule has 0 saturated heterocycles. The van der Waals surface area contributed by atoms with Crippen LogP contribution in [0.15, 0.2) is 9.98 Å². The third kappa shape index (κ3) is 2.00. The molecule has 0 aromatic carbocycles. The molecule has 1 aliphatic rings. The van der Waals surface area contributed by atoms with Crippen LogP contribution in [0.1, 0.15) is 33.1 Å². The van der Waals surface area contributed by atoms with E-state index in [2.05, 4.69) is 9.98 Å². The van der Waals surface area contributed by atoms with Crippen molar-refractivity contribution in [2.24, 2.45) is 9.98 Å². The average Bonchev–Trinajstić information content (AvgIpc) is 2.09. The second-order valence-corrected chi connectivity index (χ2v) is 2.87. The predicted molar refractivity (Wildman–Crippen MR) is 49.9 cm³/mol. The van der Waals surface area contributed by atoms with Crippen LogP contribution in [0.2, 0.25) is 0 Å². The summed E-state index contributed by atoms with van der Waals surface area (Å²) in [5, 5.41) is 0. The molecule has 0 saturated carbocycles. The van der Waals surface area contributed by atoms with E-state index in [1.54, 1.807) is 6.21 Å². The quantitative estimate of drug-likeness (QED) is 0.628. The first-order chi connectivity index (χ1) is 5.77. The molecule has 0 aromatic heterocycles. The van der Waals surface area contributed by atoms with Crippen molar-refractivity contribution in [3.63, 3.8) is 0 Å². The second-order valence-electron chi connectivity index (χ2n) is 2.87. The van der Waals surface area contributed by atoms with Gasteiger partial charge in [-0.25, -0.2) is 4.99 Å². The molecule has 0 spiro atoms. The van der Waals surface area contributed by atoms with Crippen LogP contribution in [0.25, 0.3) is 0 Å². The van der Waals surface area contributed by atoms with E-state index in [0.29, 0.717) is 0 Å². The van der Waals surface area contributed by atoms with Crippen LogP contribution in [0, 0.1) is 0 Å². The number of carbonyl (C=O) groups excluding carboxylic acids is 1. The fourth-order valence-electron chi connectivity index (χ4n) is 1.16. The Labute approximate surface area is 72.6 Å². The molecule has 0 fully saturated rings. The van der Waals surface area contributed by atoms with Crippen LogP contribution >= 0.6 is 0 Å². The molecule has 3 heteroatoms. The van der Waals surface area contributed by atoms with E-state index in [9.17, 15) is 4.79 Å². The van der Waals surface area contributed by atoms with E-state index in [1.807, 2.05) is 13.8 Å². The van der Waals surface area contributed by atoms with Crippen molar-refractivity contribution < 1.29 is 4.79 Å². The Morgan fingerprint density at radius 2 is 2.25 bits per heavy atom. The lowest BCUT2D eigenvalue weighted by molar-refractivity contribution is -0.119. The normalized spacial score (nSPS) is 22.7. The molecule has 1 aliphatic heterocycles. The molecule has 1 unspecified atom stereocenters. The largest absolute Gasteiger partial charge is 0.275 e. The molecular formula is C9H14N2O. The standard InChI is InChI=1S/C9H14N2O/c1-3-5-8-9(12)10-6-7(4-2)11-8/h6,8H,3-5H2,1-2H3. The highest BCUT2D eigenvalue weighted by Gasteiger charge is 2.18. The zero-order chi connectivity index (χ0) is 8.97. The lowest BCUT2D eigenvalue weighted by atomic mass is 10.1. The molecule has 0 aromatic rings. The van der Waals surface area contributed by atoms with E-state index >= 15 is 0 Å². The average molecular weight is 166 g/mol. The Hall–Kier alpha value is -0.990. The molecule has 0 bridgehead atoms. The SMILES string of the molecule is CCCC1N=C(CC)C=NC1=O. The smallest absolute Gasteiger partial charge is 0.270 e. The summed E-state index contributed by atoms with van der Waals surface area (Å²) < 4.78 is 0. The Bertz CT molecular complexity index is 231. The van der Waals surface area contributed by atoms with Gasteiger partial charge in [0.05, 0.1) is 11.9 Å². The van der Waals surface area contributed by atoms with Crippen molar-refractivity contribution in [2.45, 2.75) is 39.2 Å². The number of rotatable bonds is 3. The number of hydrogen-bond donors (Lipinski definition) is 0.